The fraction of sp³-hybridized carbons (Fsp3) is 0.800. The largest absolute Gasteiger partial charge is 0.328 e. The van der Waals surface area contributed by atoms with Crippen molar-refractivity contribution in [1.29, 1.82) is 0 Å². The van der Waals surface area contributed by atoms with Crippen molar-refractivity contribution < 1.29 is 0 Å². The van der Waals surface area contributed by atoms with Crippen molar-refractivity contribution in [3.63, 3.8) is 0 Å². The Morgan fingerprint density at radius 3 is 2.61 bits per heavy atom. The van der Waals surface area contributed by atoms with Gasteiger partial charge >= 0.3 is 0 Å². The first-order chi connectivity index (χ1) is 8.59. The zero-order chi connectivity index (χ0) is 13.1. The minimum Gasteiger partial charge on any atom is -0.328 e. The summed E-state index contributed by atoms with van der Waals surface area (Å²) in [6.07, 6.45) is 5.02. The third kappa shape index (κ3) is 2.94. The first kappa shape index (κ1) is 13.6. The molecule has 102 valence electrons. The molecule has 0 aromatic carbocycles. The van der Waals surface area contributed by atoms with Gasteiger partial charge in [-0.1, -0.05) is 13.8 Å². The summed E-state index contributed by atoms with van der Waals surface area (Å²) in [4.78, 5) is 4.75. The van der Waals surface area contributed by atoms with E-state index in [1.807, 2.05) is 0 Å². The van der Waals surface area contributed by atoms with Crippen molar-refractivity contribution in [2.24, 2.45) is 5.92 Å². The van der Waals surface area contributed by atoms with Crippen molar-refractivity contribution in [3.05, 3.63) is 17.2 Å². The number of nitrogens with one attached hydrogen (secondary N) is 1. The molecule has 3 heteroatoms. The molecular formula is C15H27N3. The fourth-order valence-electron chi connectivity index (χ4n) is 2.96. The third-order valence-corrected chi connectivity index (χ3v) is 3.78. The summed E-state index contributed by atoms with van der Waals surface area (Å²) >= 11 is 0. The molecule has 0 fully saturated rings. The van der Waals surface area contributed by atoms with Gasteiger partial charge in [-0.2, -0.15) is 0 Å². The first-order valence-corrected chi connectivity index (χ1v) is 7.37. The van der Waals surface area contributed by atoms with Gasteiger partial charge in [0.15, 0.2) is 0 Å². The van der Waals surface area contributed by atoms with Gasteiger partial charge in [-0.05, 0) is 52.0 Å². The molecule has 1 aromatic rings. The van der Waals surface area contributed by atoms with Crippen molar-refractivity contribution in [3.8, 4) is 0 Å². The Kier molecular flexibility index (Phi) is 4.44. The highest BCUT2D eigenvalue weighted by molar-refractivity contribution is 5.20. The number of rotatable bonds is 5. The molecule has 0 spiro atoms. The summed E-state index contributed by atoms with van der Waals surface area (Å²) in [5.41, 5.74) is 2.85. The number of imidazole rings is 1. The zero-order valence-electron chi connectivity index (χ0n) is 12.3. The summed E-state index contributed by atoms with van der Waals surface area (Å²) in [6, 6.07) is 0.512. The summed E-state index contributed by atoms with van der Waals surface area (Å²) in [6.45, 7) is 11.1. The minimum absolute atomic E-state index is 0.512. The molecule has 1 atom stereocenters. The van der Waals surface area contributed by atoms with Gasteiger partial charge in [-0.3, -0.25) is 0 Å². The van der Waals surface area contributed by atoms with Crippen LogP contribution in [0.4, 0.5) is 0 Å². The Morgan fingerprint density at radius 2 is 1.89 bits per heavy atom. The molecule has 0 aliphatic heterocycles. The average Bonchev–Trinajstić information content (AvgIpc) is 2.64. The molecule has 1 unspecified atom stereocenters. The number of nitrogens with zero attached hydrogens (tertiary/aromatic N) is 2. The summed E-state index contributed by atoms with van der Waals surface area (Å²) < 4.78 is 2.46. The van der Waals surface area contributed by atoms with E-state index in [-0.39, 0.29) is 0 Å². The van der Waals surface area contributed by atoms with E-state index in [0.29, 0.717) is 6.04 Å². The maximum absolute atomic E-state index is 4.75. The Balaban J connectivity index is 2.05. The van der Waals surface area contributed by atoms with E-state index in [4.69, 9.17) is 4.98 Å². The molecule has 0 bridgehead atoms. The summed E-state index contributed by atoms with van der Waals surface area (Å²) in [5, 5.41) is 3.56. The van der Waals surface area contributed by atoms with E-state index in [9.17, 15) is 0 Å². The predicted octanol–water partition coefficient (Wildman–Crippen LogP) is 2.88. The number of fused-ring (bicyclic) bond motifs is 1. The van der Waals surface area contributed by atoms with Gasteiger partial charge < -0.3 is 9.88 Å². The first-order valence-electron chi connectivity index (χ1n) is 7.37. The number of hydrogen-bond donors (Lipinski definition) is 1. The van der Waals surface area contributed by atoms with Crippen LogP contribution in [0.3, 0.4) is 0 Å². The van der Waals surface area contributed by atoms with Crippen LogP contribution in [0.25, 0.3) is 0 Å². The van der Waals surface area contributed by atoms with Crippen LogP contribution in [0.15, 0.2) is 0 Å². The highest BCUT2D eigenvalue weighted by Gasteiger charge is 2.20. The van der Waals surface area contributed by atoms with Crippen molar-refractivity contribution in [2.75, 3.05) is 13.1 Å². The fourth-order valence-corrected chi connectivity index (χ4v) is 2.96. The van der Waals surface area contributed by atoms with Crippen LogP contribution < -0.4 is 5.32 Å². The molecule has 1 N–H and O–H groups in total. The molecule has 1 aliphatic carbocycles. The molecule has 1 aliphatic rings. The van der Waals surface area contributed by atoms with Gasteiger partial charge in [0.1, 0.15) is 5.82 Å². The van der Waals surface area contributed by atoms with E-state index >= 15 is 0 Å². The van der Waals surface area contributed by atoms with E-state index in [2.05, 4.69) is 37.6 Å². The van der Waals surface area contributed by atoms with Gasteiger partial charge in [0.2, 0.25) is 0 Å². The topological polar surface area (TPSA) is 29.9 Å². The van der Waals surface area contributed by atoms with Gasteiger partial charge in [-0.25, -0.2) is 4.98 Å². The molecule has 0 saturated heterocycles. The van der Waals surface area contributed by atoms with E-state index in [0.717, 1.165) is 19.0 Å². The lowest BCUT2D eigenvalue weighted by molar-refractivity contribution is 0.444. The second-order valence-electron chi connectivity index (χ2n) is 6.03. The van der Waals surface area contributed by atoms with Crippen molar-refractivity contribution >= 4 is 0 Å². The van der Waals surface area contributed by atoms with Crippen LogP contribution in [-0.2, 0) is 12.8 Å². The van der Waals surface area contributed by atoms with E-state index < -0.39 is 0 Å². The van der Waals surface area contributed by atoms with Crippen LogP contribution in [0, 0.1) is 12.8 Å². The second kappa shape index (κ2) is 5.87. The van der Waals surface area contributed by atoms with Crippen LogP contribution in [0.5, 0.6) is 0 Å². The van der Waals surface area contributed by atoms with Gasteiger partial charge in [0.25, 0.3) is 0 Å². The number of aromatic nitrogens is 2. The number of aryl methyl sites for hydroxylation is 2. The molecule has 0 amide bonds. The van der Waals surface area contributed by atoms with E-state index in [1.165, 1.54) is 42.9 Å². The molecular weight excluding hydrogens is 222 g/mol. The molecule has 1 heterocycles. The van der Waals surface area contributed by atoms with Gasteiger partial charge in [0, 0.05) is 18.3 Å². The zero-order valence-corrected chi connectivity index (χ0v) is 12.3. The summed E-state index contributed by atoms with van der Waals surface area (Å²) in [7, 11) is 0. The summed E-state index contributed by atoms with van der Waals surface area (Å²) in [5.74, 6) is 1.91. The van der Waals surface area contributed by atoms with Crippen LogP contribution in [0.1, 0.15) is 56.9 Å². The standard InChI is InChI=1S/C15H27N3/c1-11(2)9-16-10-12(3)18-13(4)17-14-7-5-6-8-15(14)18/h11-12,16H,5-10H2,1-4H3. The molecule has 0 radical (unpaired) electrons. The SMILES string of the molecule is Cc1nc2c(n1C(C)CNCC(C)C)CCCC2. The lowest BCUT2D eigenvalue weighted by Crippen LogP contribution is -2.28. The maximum atomic E-state index is 4.75. The predicted molar refractivity (Wildman–Crippen MR) is 76.0 cm³/mol. The Labute approximate surface area is 111 Å². The molecule has 18 heavy (non-hydrogen) atoms. The Hall–Kier alpha value is -0.830. The van der Waals surface area contributed by atoms with Crippen molar-refractivity contribution in [1.82, 2.24) is 14.9 Å². The highest BCUT2D eigenvalue weighted by atomic mass is 15.1. The monoisotopic (exact) mass is 249 g/mol. The molecule has 3 nitrogen and oxygen atoms in total. The normalized spacial score (nSPS) is 16.9. The van der Waals surface area contributed by atoms with Gasteiger partial charge in [-0.15, -0.1) is 0 Å². The quantitative estimate of drug-likeness (QED) is 0.869. The molecule has 2 rings (SSSR count). The van der Waals surface area contributed by atoms with E-state index in [1.54, 1.807) is 0 Å². The molecule has 1 aromatic heterocycles. The molecule has 0 saturated carbocycles. The van der Waals surface area contributed by atoms with Crippen molar-refractivity contribution in [2.45, 2.75) is 59.4 Å². The van der Waals surface area contributed by atoms with Crippen LogP contribution in [-0.4, -0.2) is 22.6 Å². The third-order valence-electron chi connectivity index (χ3n) is 3.78. The van der Waals surface area contributed by atoms with Crippen LogP contribution in [0.2, 0.25) is 0 Å². The maximum Gasteiger partial charge on any atom is 0.106 e. The lowest BCUT2D eigenvalue weighted by atomic mass is 10.0. The Morgan fingerprint density at radius 1 is 1.17 bits per heavy atom. The second-order valence-corrected chi connectivity index (χ2v) is 6.03. The highest BCUT2D eigenvalue weighted by Crippen LogP contribution is 2.25. The van der Waals surface area contributed by atoms with Gasteiger partial charge in [0.05, 0.1) is 5.69 Å². The smallest absolute Gasteiger partial charge is 0.106 e. The number of hydrogen-bond acceptors (Lipinski definition) is 2. The average molecular weight is 249 g/mol. The van der Waals surface area contributed by atoms with Crippen LogP contribution >= 0.6 is 0 Å². The minimum atomic E-state index is 0.512. The lowest BCUT2D eigenvalue weighted by Gasteiger charge is -2.21. The Bertz CT molecular complexity index is 393.